The highest BCUT2D eigenvalue weighted by Gasteiger charge is 2.15. The predicted molar refractivity (Wildman–Crippen MR) is 92.3 cm³/mol. The summed E-state index contributed by atoms with van der Waals surface area (Å²) in [5.74, 6) is 0.141. The summed E-state index contributed by atoms with van der Waals surface area (Å²) < 4.78 is 0.702. The van der Waals surface area contributed by atoms with E-state index in [9.17, 15) is 4.79 Å². The molecule has 0 radical (unpaired) electrons. The quantitative estimate of drug-likeness (QED) is 0.576. The van der Waals surface area contributed by atoms with Crippen molar-refractivity contribution in [3.05, 3.63) is 65.9 Å². The van der Waals surface area contributed by atoms with Crippen LogP contribution in [-0.4, -0.2) is 31.9 Å². The van der Waals surface area contributed by atoms with Crippen molar-refractivity contribution in [1.29, 1.82) is 0 Å². The molecular weight excluding hydrogens is 272 g/mol. The van der Waals surface area contributed by atoms with Gasteiger partial charge in [-0.05, 0) is 23.6 Å². The van der Waals surface area contributed by atoms with E-state index in [2.05, 4.69) is 44.3 Å². The van der Waals surface area contributed by atoms with Crippen LogP contribution in [0.15, 0.2) is 54.6 Å². The number of Topliss-reactive ketones (excluding diaryl/α,β-unsaturated/α-hetero) is 1. The van der Waals surface area contributed by atoms with E-state index in [0.29, 0.717) is 10.9 Å². The van der Waals surface area contributed by atoms with Crippen LogP contribution in [0.25, 0.3) is 10.9 Å². The van der Waals surface area contributed by atoms with Crippen molar-refractivity contribution in [3.63, 3.8) is 0 Å². The van der Waals surface area contributed by atoms with Gasteiger partial charge in [0, 0.05) is 22.8 Å². The molecule has 0 bridgehead atoms. The number of quaternary nitrogens is 1. The molecule has 0 spiro atoms. The zero-order valence-corrected chi connectivity index (χ0v) is 13.3. The summed E-state index contributed by atoms with van der Waals surface area (Å²) in [5.41, 5.74) is 3.93. The molecule has 0 aliphatic carbocycles. The number of carbonyl (C=O) groups is 1. The molecule has 3 heteroatoms. The maximum atomic E-state index is 12.5. The number of aromatic nitrogens is 1. The minimum atomic E-state index is 0.141. The summed E-state index contributed by atoms with van der Waals surface area (Å²) in [6.45, 7) is 0. The number of hydrogen-bond acceptors (Lipinski definition) is 1. The van der Waals surface area contributed by atoms with Crippen molar-refractivity contribution in [2.24, 2.45) is 0 Å². The summed E-state index contributed by atoms with van der Waals surface area (Å²) in [5, 5.41) is 1.14. The highest BCUT2D eigenvalue weighted by atomic mass is 16.1. The van der Waals surface area contributed by atoms with Crippen LogP contribution >= 0.6 is 0 Å². The van der Waals surface area contributed by atoms with Crippen LogP contribution in [-0.2, 0) is 6.42 Å². The van der Waals surface area contributed by atoms with Crippen LogP contribution in [0.5, 0.6) is 0 Å². The molecule has 0 atom stereocenters. The molecule has 0 saturated heterocycles. The van der Waals surface area contributed by atoms with Crippen molar-refractivity contribution in [2.45, 2.75) is 6.42 Å². The highest BCUT2D eigenvalue weighted by Crippen LogP contribution is 2.20. The number of rotatable bonds is 4. The fourth-order valence-electron chi connectivity index (χ4n) is 2.60. The molecule has 0 aliphatic heterocycles. The van der Waals surface area contributed by atoms with Gasteiger partial charge in [0.1, 0.15) is 5.69 Å². The molecule has 0 amide bonds. The third-order valence-electron chi connectivity index (χ3n) is 3.88. The Labute approximate surface area is 130 Å². The van der Waals surface area contributed by atoms with Crippen LogP contribution in [0.1, 0.15) is 16.1 Å². The molecule has 0 fully saturated rings. The fourth-order valence-corrected chi connectivity index (χ4v) is 2.60. The number of fused-ring (bicyclic) bond motifs is 1. The van der Waals surface area contributed by atoms with Gasteiger partial charge in [-0.1, -0.05) is 30.3 Å². The Morgan fingerprint density at radius 2 is 1.77 bits per heavy atom. The second kappa shape index (κ2) is 5.43. The lowest BCUT2D eigenvalue weighted by atomic mass is 10.1. The molecular formula is C19H21N2O+. The number of carbonyl (C=O) groups excluding carboxylic acids is 1. The summed E-state index contributed by atoms with van der Waals surface area (Å²) in [6.07, 6.45) is 0.398. The van der Waals surface area contributed by atoms with Crippen LogP contribution in [0.4, 0.5) is 5.69 Å². The molecule has 3 aromatic rings. The fraction of sp³-hybridized carbons (Fsp3) is 0.211. The Balaban J connectivity index is 1.85. The Kier molecular flexibility index (Phi) is 3.59. The first-order chi connectivity index (χ1) is 10.4. The molecule has 0 aliphatic rings. The molecule has 112 valence electrons. The van der Waals surface area contributed by atoms with E-state index >= 15 is 0 Å². The Morgan fingerprint density at radius 3 is 2.50 bits per heavy atom. The van der Waals surface area contributed by atoms with E-state index in [4.69, 9.17) is 0 Å². The molecule has 22 heavy (non-hydrogen) atoms. The third kappa shape index (κ3) is 2.95. The standard InChI is InChI=1S/C19H21N2O/c1-21(2,3)17-9-6-8-15(12-17)19(22)13-16-11-14-7-4-5-10-18(14)20-16/h4-12,20H,13H2,1-3H3/q+1. The first-order valence-electron chi connectivity index (χ1n) is 7.45. The van der Waals surface area contributed by atoms with Gasteiger partial charge in [0.2, 0.25) is 0 Å². The summed E-state index contributed by atoms with van der Waals surface area (Å²) in [7, 11) is 6.30. The lowest BCUT2D eigenvalue weighted by Crippen LogP contribution is -2.34. The van der Waals surface area contributed by atoms with E-state index in [1.165, 1.54) is 0 Å². The van der Waals surface area contributed by atoms with E-state index in [1.54, 1.807) is 0 Å². The predicted octanol–water partition coefficient (Wildman–Crippen LogP) is 3.79. The van der Waals surface area contributed by atoms with Gasteiger partial charge in [-0.25, -0.2) is 0 Å². The van der Waals surface area contributed by atoms with E-state index in [0.717, 1.165) is 27.8 Å². The molecule has 1 heterocycles. The number of para-hydroxylation sites is 1. The molecule has 3 rings (SSSR count). The lowest BCUT2D eigenvalue weighted by Gasteiger charge is -2.23. The van der Waals surface area contributed by atoms with Gasteiger partial charge >= 0.3 is 0 Å². The summed E-state index contributed by atoms with van der Waals surface area (Å²) in [4.78, 5) is 15.9. The van der Waals surface area contributed by atoms with Crippen LogP contribution in [0.2, 0.25) is 0 Å². The van der Waals surface area contributed by atoms with Gasteiger partial charge in [0.25, 0.3) is 0 Å². The first-order valence-corrected chi connectivity index (χ1v) is 7.45. The average molecular weight is 293 g/mol. The van der Waals surface area contributed by atoms with Gasteiger partial charge in [0.15, 0.2) is 5.78 Å². The normalized spacial score (nSPS) is 11.8. The first kappa shape index (κ1) is 14.5. The molecule has 0 unspecified atom stereocenters. The monoisotopic (exact) mass is 293 g/mol. The van der Waals surface area contributed by atoms with Gasteiger partial charge in [-0.15, -0.1) is 0 Å². The molecule has 2 aromatic carbocycles. The molecule has 0 saturated carbocycles. The zero-order chi connectivity index (χ0) is 15.7. The zero-order valence-electron chi connectivity index (χ0n) is 13.3. The van der Waals surface area contributed by atoms with E-state index < -0.39 is 0 Å². The lowest BCUT2D eigenvalue weighted by molar-refractivity contribution is 0.0992. The number of ketones is 1. The van der Waals surface area contributed by atoms with E-state index in [-0.39, 0.29) is 5.78 Å². The maximum absolute atomic E-state index is 12.5. The number of aromatic amines is 1. The number of nitrogens with zero attached hydrogens (tertiary/aromatic N) is 1. The van der Waals surface area contributed by atoms with Crippen LogP contribution in [0, 0.1) is 0 Å². The molecule has 3 nitrogen and oxygen atoms in total. The molecule has 1 N–H and O–H groups in total. The van der Waals surface area contributed by atoms with Crippen molar-refractivity contribution in [3.8, 4) is 0 Å². The topological polar surface area (TPSA) is 32.9 Å². The maximum Gasteiger partial charge on any atom is 0.168 e. The van der Waals surface area contributed by atoms with Crippen molar-refractivity contribution >= 4 is 22.4 Å². The van der Waals surface area contributed by atoms with Crippen molar-refractivity contribution < 1.29 is 4.79 Å². The third-order valence-corrected chi connectivity index (χ3v) is 3.88. The second-order valence-corrected chi connectivity index (χ2v) is 6.54. The van der Waals surface area contributed by atoms with Crippen molar-refractivity contribution in [1.82, 2.24) is 9.47 Å². The average Bonchev–Trinajstić information content (AvgIpc) is 2.88. The van der Waals surface area contributed by atoms with Crippen LogP contribution in [0.3, 0.4) is 0 Å². The van der Waals surface area contributed by atoms with Gasteiger partial charge < -0.3 is 4.98 Å². The largest absolute Gasteiger partial charge is 0.358 e. The van der Waals surface area contributed by atoms with Gasteiger partial charge in [-0.2, -0.15) is 0 Å². The van der Waals surface area contributed by atoms with E-state index in [1.807, 2.05) is 36.4 Å². The van der Waals surface area contributed by atoms with Crippen LogP contribution < -0.4 is 4.48 Å². The number of benzene rings is 2. The second-order valence-electron chi connectivity index (χ2n) is 6.54. The minimum absolute atomic E-state index is 0.141. The Bertz CT molecular complexity index is 792. The van der Waals surface area contributed by atoms with Gasteiger partial charge in [-0.3, -0.25) is 9.28 Å². The number of nitrogens with one attached hydrogen (secondary N) is 1. The summed E-state index contributed by atoms with van der Waals surface area (Å²) in [6, 6.07) is 18.0. The smallest absolute Gasteiger partial charge is 0.168 e. The SMILES string of the molecule is C[N+](C)(C)c1cccc(C(=O)Cc2cc3ccccc3[nH]2)c1. The van der Waals surface area contributed by atoms with Crippen molar-refractivity contribution in [2.75, 3.05) is 21.1 Å². The number of hydrogen-bond donors (Lipinski definition) is 1. The highest BCUT2D eigenvalue weighted by molar-refractivity contribution is 5.98. The minimum Gasteiger partial charge on any atom is -0.358 e. The molecule has 1 aromatic heterocycles. The summed E-state index contributed by atoms with van der Waals surface area (Å²) >= 11 is 0. The Hall–Kier alpha value is -2.39. The Morgan fingerprint density at radius 1 is 1.00 bits per heavy atom. The van der Waals surface area contributed by atoms with Gasteiger partial charge in [0.05, 0.1) is 27.6 Å². The number of H-pyrrole nitrogens is 1.